The predicted octanol–water partition coefficient (Wildman–Crippen LogP) is 4.57. The van der Waals surface area contributed by atoms with E-state index in [9.17, 15) is 0 Å². The molecule has 0 aromatic heterocycles. The van der Waals surface area contributed by atoms with Gasteiger partial charge in [0.15, 0.2) is 0 Å². The third-order valence-electron chi connectivity index (χ3n) is 6.14. The van der Waals surface area contributed by atoms with Crippen molar-refractivity contribution in [2.24, 2.45) is 23.7 Å². The molecule has 0 spiro atoms. The van der Waals surface area contributed by atoms with E-state index in [2.05, 4.69) is 39.6 Å². The summed E-state index contributed by atoms with van der Waals surface area (Å²) in [6.07, 6.45) is 8.93. The summed E-state index contributed by atoms with van der Waals surface area (Å²) in [6, 6.07) is 1.61. The van der Waals surface area contributed by atoms with Crippen molar-refractivity contribution in [2.75, 3.05) is 7.05 Å². The van der Waals surface area contributed by atoms with Crippen molar-refractivity contribution in [1.82, 2.24) is 4.90 Å². The highest BCUT2D eigenvalue weighted by Crippen LogP contribution is 2.42. The molecule has 4 unspecified atom stereocenters. The Kier molecular flexibility index (Phi) is 4.75. The third-order valence-corrected chi connectivity index (χ3v) is 6.14. The summed E-state index contributed by atoms with van der Waals surface area (Å²) >= 11 is 0. The minimum Gasteiger partial charge on any atom is -0.300 e. The average molecular weight is 251 g/mol. The van der Waals surface area contributed by atoms with Gasteiger partial charge >= 0.3 is 0 Å². The van der Waals surface area contributed by atoms with Gasteiger partial charge in [-0.15, -0.1) is 0 Å². The van der Waals surface area contributed by atoms with Crippen molar-refractivity contribution >= 4 is 0 Å². The van der Waals surface area contributed by atoms with E-state index in [0.717, 1.165) is 35.8 Å². The Labute approximate surface area is 114 Å². The van der Waals surface area contributed by atoms with Crippen molar-refractivity contribution in [3.63, 3.8) is 0 Å². The fourth-order valence-corrected chi connectivity index (χ4v) is 3.81. The number of rotatable bonds is 6. The summed E-state index contributed by atoms with van der Waals surface area (Å²) in [5, 5.41) is 0. The quantitative estimate of drug-likeness (QED) is 0.668. The lowest BCUT2D eigenvalue weighted by Gasteiger charge is -2.48. The van der Waals surface area contributed by atoms with Gasteiger partial charge in [0.25, 0.3) is 0 Å². The molecule has 1 nitrogen and oxygen atoms in total. The van der Waals surface area contributed by atoms with Crippen LogP contribution in [0.25, 0.3) is 0 Å². The van der Waals surface area contributed by atoms with E-state index < -0.39 is 0 Å². The standard InChI is InChI=1S/C17H33N/c1-12(2)14(4)18(5)17-10-9-16(17)11-13(3)15-7-6-8-15/h12-17H,6-11H2,1-5H3. The van der Waals surface area contributed by atoms with Crippen molar-refractivity contribution in [1.29, 1.82) is 0 Å². The van der Waals surface area contributed by atoms with E-state index in [1.807, 2.05) is 0 Å². The average Bonchev–Trinajstić information content (AvgIpc) is 2.20. The van der Waals surface area contributed by atoms with Crippen LogP contribution < -0.4 is 0 Å². The highest BCUT2D eigenvalue weighted by atomic mass is 15.2. The lowest BCUT2D eigenvalue weighted by Crippen LogP contribution is -2.50. The van der Waals surface area contributed by atoms with E-state index in [4.69, 9.17) is 0 Å². The SMILES string of the molecule is CC(C)C(C)N(C)C1CCC1CC(C)C1CCC1. The summed E-state index contributed by atoms with van der Waals surface area (Å²) < 4.78 is 0. The molecule has 1 heteroatoms. The van der Waals surface area contributed by atoms with Gasteiger partial charge in [-0.2, -0.15) is 0 Å². The van der Waals surface area contributed by atoms with E-state index in [-0.39, 0.29) is 0 Å². The zero-order valence-electron chi connectivity index (χ0n) is 13.2. The molecule has 0 aliphatic heterocycles. The Morgan fingerprint density at radius 1 is 1.00 bits per heavy atom. The van der Waals surface area contributed by atoms with Crippen LogP contribution in [0.15, 0.2) is 0 Å². The lowest BCUT2D eigenvalue weighted by atomic mass is 9.67. The van der Waals surface area contributed by atoms with Gasteiger partial charge in [0, 0.05) is 12.1 Å². The highest BCUT2D eigenvalue weighted by Gasteiger charge is 2.38. The van der Waals surface area contributed by atoms with Gasteiger partial charge in [-0.1, -0.05) is 40.0 Å². The van der Waals surface area contributed by atoms with Gasteiger partial charge < -0.3 is 4.90 Å². The van der Waals surface area contributed by atoms with Gasteiger partial charge in [0.05, 0.1) is 0 Å². The summed E-state index contributed by atoms with van der Waals surface area (Å²) in [7, 11) is 2.36. The Morgan fingerprint density at radius 3 is 2.06 bits per heavy atom. The molecule has 106 valence electrons. The summed E-state index contributed by atoms with van der Waals surface area (Å²) in [5.74, 6) is 3.82. The van der Waals surface area contributed by atoms with Crippen LogP contribution >= 0.6 is 0 Å². The fraction of sp³-hybridized carbons (Fsp3) is 1.00. The van der Waals surface area contributed by atoms with Crippen LogP contribution in [0, 0.1) is 23.7 Å². The zero-order valence-corrected chi connectivity index (χ0v) is 13.2. The van der Waals surface area contributed by atoms with Crippen LogP contribution in [-0.4, -0.2) is 24.0 Å². The first kappa shape index (κ1) is 14.4. The predicted molar refractivity (Wildman–Crippen MR) is 79.7 cm³/mol. The molecule has 2 aliphatic carbocycles. The molecular formula is C17H33N. The summed E-state index contributed by atoms with van der Waals surface area (Å²) in [4.78, 5) is 2.67. The molecule has 0 amide bonds. The van der Waals surface area contributed by atoms with Gasteiger partial charge in [-0.3, -0.25) is 0 Å². The molecule has 2 aliphatic rings. The molecule has 0 radical (unpaired) electrons. The molecule has 0 heterocycles. The molecule has 4 atom stereocenters. The zero-order chi connectivity index (χ0) is 13.3. The minimum atomic E-state index is 0.733. The molecule has 0 bridgehead atoms. The largest absolute Gasteiger partial charge is 0.300 e. The number of nitrogens with zero attached hydrogens (tertiary/aromatic N) is 1. The molecule has 0 N–H and O–H groups in total. The molecule has 2 saturated carbocycles. The van der Waals surface area contributed by atoms with Crippen LogP contribution in [0.5, 0.6) is 0 Å². The normalized spacial score (nSPS) is 32.2. The molecular weight excluding hydrogens is 218 g/mol. The second-order valence-corrected chi connectivity index (χ2v) is 7.46. The van der Waals surface area contributed by atoms with Gasteiger partial charge in [0.1, 0.15) is 0 Å². The van der Waals surface area contributed by atoms with E-state index >= 15 is 0 Å². The van der Waals surface area contributed by atoms with E-state index in [1.54, 1.807) is 0 Å². The Balaban J connectivity index is 1.80. The fourth-order valence-electron chi connectivity index (χ4n) is 3.81. The first-order chi connectivity index (χ1) is 8.50. The Hall–Kier alpha value is -0.0400. The maximum absolute atomic E-state index is 2.67. The van der Waals surface area contributed by atoms with Crippen LogP contribution in [0.2, 0.25) is 0 Å². The Bertz CT molecular complexity index is 256. The molecule has 18 heavy (non-hydrogen) atoms. The summed E-state index contributed by atoms with van der Waals surface area (Å²) in [6.45, 7) is 9.61. The monoisotopic (exact) mass is 251 g/mol. The van der Waals surface area contributed by atoms with E-state index in [0.29, 0.717) is 0 Å². The number of hydrogen-bond donors (Lipinski definition) is 0. The van der Waals surface area contributed by atoms with Crippen LogP contribution in [-0.2, 0) is 0 Å². The first-order valence-electron chi connectivity index (χ1n) is 8.22. The van der Waals surface area contributed by atoms with Crippen molar-refractivity contribution < 1.29 is 0 Å². The van der Waals surface area contributed by atoms with Gasteiger partial charge in [-0.05, 0) is 56.9 Å². The van der Waals surface area contributed by atoms with Crippen LogP contribution in [0.1, 0.15) is 66.2 Å². The topological polar surface area (TPSA) is 3.24 Å². The highest BCUT2D eigenvalue weighted by molar-refractivity contribution is 4.92. The van der Waals surface area contributed by atoms with Crippen molar-refractivity contribution in [3.05, 3.63) is 0 Å². The minimum absolute atomic E-state index is 0.733. The first-order valence-corrected chi connectivity index (χ1v) is 8.22. The van der Waals surface area contributed by atoms with Crippen molar-refractivity contribution in [3.8, 4) is 0 Å². The van der Waals surface area contributed by atoms with Crippen LogP contribution in [0.3, 0.4) is 0 Å². The van der Waals surface area contributed by atoms with Gasteiger partial charge in [-0.25, -0.2) is 0 Å². The molecule has 2 fully saturated rings. The lowest BCUT2D eigenvalue weighted by molar-refractivity contribution is 0.0199. The molecule has 0 aromatic rings. The molecule has 0 aromatic carbocycles. The second-order valence-electron chi connectivity index (χ2n) is 7.46. The maximum atomic E-state index is 2.67. The number of hydrogen-bond acceptors (Lipinski definition) is 1. The molecule has 2 rings (SSSR count). The van der Waals surface area contributed by atoms with Crippen molar-refractivity contribution in [2.45, 2.75) is 78.3 Å². The second kappa shape index (κ2) is 5.94. The molecule has 0 saturated heterocycles. The maximum Gasteiger partial charge on any atom is 0.0124 e. The third kappa shape index (κ3) is 2.92. The summed E-state index contributed by atoms with van der Waals surface area (Å²) in [5.41, 5.74) is 0. The van der Waals surface area contributed by atoms with E-state index in [1.165, 1.54) is 38.5 Å². The Morgan fingerprint density at radius 2 is 1.67 bits per heavy atom. The van der Waals surface area contributed by atoms with Gasteiger partial charge in [0.2, 0.25) is 0 Å². The van der Waals surface area contributed by atoms with Crippen LogP contribution in [0.4, 0.5) is 0 Å². The smallest absolute Gasteiger partial charge is 0.0124 e.